The fourth-order valence-corrected chi connectivity index (χ4v) is 5.44. The van der Waals surface area contributed by atoms with E-state index in [-0.39, 0.29) is 11.6 Å². The van der Waals surface area contributed by atoms with Crippen molar-refractivity contribution >= 4 is 27.6 Å². The second-order valence-electron chi connectivity index (χ2n) is 7.83. The van der Waals surface area contributed by atoms with Gasteiger partial charge < -0.3 is 10.1 Å². The molecule has 1 aromatic carbocycles. The zero-order valence-corrected chi connectivity index (χ0v) is 17.4. The van der Waals surface area contributed by atoms with Gasteiger partial charge in [-0.05, 0) is 49.9 Å². The largest absolute Gasteiger partial charge is 0.452 e. The summed E-state index contributed by atoms with van der Waals surface area (Å²) in [6.45, 7) is 1.34. The van der Waals surface area contributed by atoms with Crippen molar-refractivity contribution < 1.29 is 22.7 Å². The van der Waals surface area contributed by atoms with Gasteiger partial charge in [-0.3, -0.25) is 9.10 Å². The van der Waals surface area contributed by atoms with Gasteiger partial charge >= 0.3 is 5.97 Å². The van der Waals surface area contributed by atoms with Crippen LogP contribution in [0.25, 0.3) is 0 Å². The second kappa shape index (κ2) is 8.03. The van der Waals surface area contributed by atoms with Crippen LogP contribution >= 0.6 is 0 Å². The van der Waals surface area contributed by atoms with Crippen LogP contribution in [0, 0.1) is 11.3 Å². The minimum atomic E-state index is -3.40. The average Bonchev–Trinajstić information content (AvgIpc) is 3.01. The van der Waals surface area contributed by atoms with Crippen molar-refractivity contribution in [3.63, 3.8) is 0 Å². The highest BCUT2D eigenvalue weighted by atomic mass is 32.2. The number of nitriles is 1. The SMILES string of the molecule is C[C@H]1Cc2cc(C(=O)OCC(=O)NC3(C#N)CCCCC3)ccc2N1S(C)(=O)=O. The standard InChI is InChI=1S/C20H25N3O5S/c1-14-10-16-11-15(6-7-17(16)23(14)29(2,26)27)19(25)28-12-18(24)22-20(13-21)8-4-3-5-9-20/h6-7,11,14H,3-5,8-10,12H2,1-2H3,(H,22,24)/t14-/m0/s1. The van der Waals surface area contributed by atoms with Crippen molar-refractivity contribution in [2.45, 2.75) is 57.0 Å². The van der Waals surface area contributed by atoms with E-state index in [2.05, 4.69) is 11.4 Å². The first-order chi connectivity index (χ1) is 13.6. The van der Waals surface area contributed by atoms with Gasteiger partial charge in [-0.15, -0.1) is 0 Å². The Labute approximate surface area is 170 Å². The third-order valence-electron chi connectivity index (χ3n) is 5.46. The fourth-order valence-electron chi connectivity index (χ4n) is 4.17. The molecule has 0 unspecified atom stereocenters. The van der Waals surface area contributed by atoms with Gasteiger partial charge in [0.2, 0.25) is 10.0 Å². The predicted molar refractivity (Wildman–Crippen MR) is 107 cm³/mol. The lowest BCUT2D eigenvalue weighted by atomic mass is 9.83. The Morgan fingerprint density at radius 1 is 1.31 bits per heavy atom. The van der Waals surface area contributed by atoms with Crippen molar-refractivity contribution in [1.82, 2.24) is 5.32 Å². The Balaban J connectivity index is 1.63. The van der Waals surface area contributed by atoms with Crippen LogP contribution in [0.3, 0.4) is 0 Å². The van der Waals surface area contributed by atoms with E-state index in [1.807, 2.05) is 0 Å². The monoisotopic (exact) mass is 419 g/mol. The Morgan fingerprint density at radius 2 is 2.00 bits per heavy atom. The number of amides is 1. The lowest BCUT2D eigenvalue weighted by molar-refractivity contribution is -0.125. The van der Waals surface area contributed by atoms with Gasteiger partial charge in [0, 0.05) is 6.04 Å². The number of carbonyl (C=O) groups excluding carboxylic acids is 2. The Morgan fingerprint density at radius 3 is 2.62 bits per heavy atom. The van der Waals surface area contributed by atoms with Crippen molar-refractivity contribution in [2.24, 2.45) is 0 Å². The van der Waals surface area contributed by atoms with Crippen molar-refractivity contribution in [1.29, 1.82) is 5.26 Å². The van der Waals surface area contributed by atoms with E-state index in [1.165, 1.54) is 10.4 Å². The molecule has 1 N–H and O–H groups in total. The minimum absolute atomic E-state index is 0.227. The van der Waals surface area contributed by atoms with Crippen LogP contribution in [0.4, 0.5) is 5.69 Å². The van der Waals surface area contributed by atoms with Gasteiger partial charge in [0.15, 0.2) is 6.61 Å². The normalized spacial score (nSPS) is 20.4. The molecule has 0 saturated heterocycles. The minimum Gasteiger partial charge on any atom is -0.452 e. The molecule has 1 aromatic rings. The number of carbonyl (C=O) groups is 2. The van der Waals surface area contributed by atoms with Gasteiger partial charge in [0.1, 0.15) is 5.54 Å². The number of nitrogens with one attached hydrogen (secondary N) is 1. The van der Waals surface area contributed by atoms with E-state index in [0.717, 1.165) is 31.1 Å². The van der Waals surface area contributed by atoms with E-state index in [9.17, 15) is 23.3 Å². The Hall–Kier alpha value is -2.60. The van der Waals surface area contributed by atoms with Crippen LogP contribution in [-0.2, 0) is 26.0 Å². The van der Waals surface area contributed by atoms with E-state index in [4.69, 9.17) is 4.74 Å². The summed E-state index contributed by atoms with van der Waals surface area (Å²) in [7, 11) is -3.40. The smallest absolute Gasteiger partial charge is 0.338 e. The molecule has 1 saturated carbocycles. The summed E-state index contributed by atoms with van der Waals surface area (Å²) in [4.78, 5) is 24.5. The quantitative estimate of drug-likeness (QED) is 0.729. The lowest BCUT2D eigenvalue weighted by Crippen LogP contribution is -2.50. The highest BCUT2D eigenvalue weighted by Gasteiger charge is 2.34. The summed E-state index contributed by atoms with van der Waals surface area (Å²) >= 11 is 0. The average molecular weight is 420 g/mol. The number of hydrogen-bond acceptors (Lipinski definition) is 6. The maximum Gasteiger partial charge on any atom is 0.338 e. The summed E-state index contributed by atoms with van der Waals surface area (Å²) in [5, 5.41) is 12.1. The third kappa shape index (κ3) is 4.53. The molecule has 1 fully saturated rings. The molecule has 1 aliphatic carbocycles. The van der Waals surface area contributed by atoms with Crippen LogP contribution in [0.5, 0.6) is 0 Å². The molecule has 3 rings (SSSR count). The van der Waals surface area contributed by atoms with Crippen LogP contribution < -0.4 is 9.62 Å². The van der Waals surface area contributed by atoms with E-state index < -0.39 is 34.0 Å². The predicted octanol–water partition coefficient (Wildman–Crippen LogP) is 1.90. The van der Waals surface area contributed by atoms with Gasteiger partial charge in [-0.2, -0.15) is 5.26 Å². The first kappa shape index (κ1) is 21.1. The van der Waals surface area contributed by atoms with Gasteiger partial charge in [-0.1, -0.05) is 19.3 Å². The molecule has 29 heavy (non-hydrogen) atoms. The summed E-state index contributed by atoms with van der Waals surface area (Å²) in [6, 6.07) is 6.65. The summed E-state index contributed by atoms with van der Waals surface area (Å²) < 4.78 is 30.4. The molecule has 0 bridgehead atoms. The highest BCUT2D eigenvalue weighted by Crippen LogP contribution is 2.34. The highest BCUT2D eigenvalue weighted by molar-refractivity contribution is 7.92. The topological polar surface area (TPSA) is 117 Å². The molecule has 1 heterocycles. The molecule has 9 heteroatoms. The second-order valence-corrected chi connectivity index (χ2v) is 9.69. The number of nitrogens with zero attached hydrogens (tertiary/aromatic N) is 2. The molecule has 0 spiro atoms. The zero-order chi connectivity index (χ0) is 21.2. The van der Waals surface area contributed by atoms with Gasteiger partial charge in [0.05, 0.1) is 23.6 Å². The molecule has 2 aliphatic rings. The first-order valence-corrected chi connectivity index (χ1v) is 11.5. The maximum atomic E-state index is 12.4. The number of benzene rings is 1. The van der Waals surface area contributed by atoms with Gasteiger partial charge in [0.25, 0.3) is 5.91 Å². The van der Waals surface area contributed by atoms with Crippen molar-refractivity contribution in [2.75, 3.05) is 17.2 Å². The molecule has 1 atom stereocenters. The number of anilines is 1. The number of hydrogen-bond donors (Lipinski definition) is 1. The third-order valence-corrected chi connectivity index (χ3v) is 6.73. The lowest BCUT2D eigenvalue weighted by Gasteiger charge is -2.31. The fraction of sp³-hybridized carbons (Fsp3) is 0.550. The number of rotatable bonds is 5. The molecule has 0 aromatic heterocycles. The summed E-state index contributed by atoms with van der Waals surface area (Å²) in [5.74, 6) is -1.16. The Kier molecular flexibility index (Phi) is 5.85. The zero-order valence-electron chi connectivity index (χ0n) is 16.6. The Bertz CT molecular complexity index is 961. The number of ether oxygens (including phenoxy) is 1. The molecule has 1 aliphatic heterocycles. The molecule has 1 amide bonds. The van der Waals surface area contributed by atoms with E-state index >= 15 is 0 Å². The summed E-state index contributed by atoms with van der Waals surface area (Å²) in [6.07, 6.45) is 5.65. The first-order valence-electron chi connectivity index (χ1n) is 9.67. The van der Waals surface area contributed by atoms with E-state index in [1.54, 1.807) is 19.1 Å². The molecule has 0 radical (unpaired) electrons. The van der Waals surface area contributed by atoms with Crippen LogP contribution in [0.15, 0.2) is 18.2 Å². The van der Waals surface area contributed by atoms with Crippen molar-refractivity contribution in [3.05, 3.63) is 29.3 Å². The van der Waals surface area contributed by atoms with Gasteiger partial charge in [-0.25, -0.2) is 13.2 Å². The van der Waals surface area contributed by atoms with Crippen LogP contribution in [0.1, 0.15) is 54.9 Å². The van der Waals surface area contributed by atoms with Crippen LogP contribution in [-0.4, -0.2) is 44.7 Å². The molecular weight excluding hydrogens is 394 g/mol. The number of esters is 1. The van der Waals surface area contributed by atoms with Crippen molar-refractivity contribution in [3.8, 4) is 6.07 Å². The summed E-state index contributed by atoms with van der Waals surface area (Å²) in [5.41, 5.74) is 0.683. The number of fused-ring (bicyclic) bond motifs is 1. The van der Waals surface area contributed by atoms with Crippen LogP contribution in [0.2, 0.25) is 0 Å². The number of sulfonamides is 1. The maximum absolute atomic E-state index is 12.4. The molecule has 8 nitrogen and oxygen atoms in total. The van der Waals surface area contributed by atoms with E-state index in [0.29, 0.717) is 24.9 Å². The molecular formula is C20H25N3O5S. The molecule has 156 valence electrons.